The van der Waals surface area contributed by atoms with Crippen LogP contribution in [0.15, 0.2) is 34.0 Å². The first-order valence-corrected chi connectivity index (χ1v) is 3.75. The van der Waals surface area contributed by atoms with Gasteiger partial charge in [-0.2, -0.15) is 0 Å². The van der Waals surface area contributed by atoms with Crippen LogP contribution in [0, 0.1) is 0 Å². The van der Waals surface area contributed by atoms with Gasteiger partial charge in [-0.1, -0.05) is 18.7 Å². The Labute approximate surface area is 123 Å². The minimum atomic E-state index is 0. The molecular formula is C7H6KN3OS. The van der Waals surface area contributed by atoms with Gasteiger partial charge in [0, 0.05) is 6.20 Å². The minimum absolute atomic E-state index is 0. The Hall–Kier alpha value is 0.276. The molecular weight excluding hydrogens is 213 g/mol. The van der Waals surface area contributed by atoms with Gasteiger partial charge in [0.25, 0.3) is 11.1 Å². The topological polar surface area (TPSA) is 51.8 Å². The van der Waals surface area contributed by atoms with Gasteiger partial charge >= 0.3 is 51.4 Å². The van der Waals surface area contributed by atoms with E-state index >= 15 is 0 Å². The van der Waals surface area contributed by atoms with E-state index in [4.69, 9.17) is 4.42 Å². The number of hydrogen-bond donors (Lipinski definition) is 1. The molecule has 0 radical (unpaired) electrons. The number of pyridine rings is 1. The number of thiol groups is 1. The molecule has 0 saturated carbocycles. The van der Waals surface area contributed by atoms with Crippen LogP contribution in [0.3, 0.4) is 0 Å². The number of hydrogen-bond acceptors (Lipinski definition) is 5. The molecule has 13 heavy (non-hydrogen) atoms. The van der Waals surface area contributed by atoms with E-state index in [9.17, 15) is 0 Å². The molecule has 62 valence electrons. The van der Waals surface area contributed by atoms with Gasteiger partial charge in [-0.05, 0) is 12.1 Å². The van der Waals surface area contributed by atoms with Crippen molar-refractivity contribution in [3.63, 3.8) is 0 Å². The van der Waals surface area contributed by atoms with E-state index < -0.39 is 0 Å². The van der Waals surface area contributed by atoms with E-state index in [1.165, 1.54) is 0 Å². The molecule has 0 atom stereocenters. The van der Waals surface area contributed by atoms with Crippen LogP contribution in [0.1, 0.15) is 0 Å². The molecule has 0 aliphatic carbocycles. The van der Waals surface area contributed by atoms with Crippen LogP contribution in [0.25, 0.3) is 11.6 Å². The van der Waals surface area contributed by atoms with Crippen molar-refractivity contribution >= 4 is 64.0 Å². The van der Waals surface area contributed by atoms with Crippen LogP contribution >= 0.6 is 12.6 Å². The van der Waals surface area contributed by atoms with Crippen molar-refractivity contribution in [1.82, 2.24) is 15.2 Å². The summed E-state index contributed by atoms with van der Waals surface area (Å²) in [7, 11) is 0. The Morgan fingerprint density at radius 3 is 2.62 bits per heavy atom. The molecule has 4 nitrogen and oxygen atoms in total. The molecule has 0 N–H and O–H groups in total. The first kappa shape index (κ1) is 11.4. The SMILES string of the molecule is Sc1nnc(-c2ccccn2)o1.[KH]. The molecule has 0 aliphatic rings. The number of aromatic nitrogens is 3. The van der Waals surface area contributed by atoms with Gasteiger partial charge in [-0.3, -0.25) is 4.98 Å². The second kappa shape index (κ2) is 5.23. The molecule has 2 heterocycles. The summed E-state index contributed by atoms with van der Waals surface area (Å²) in [5.41, 5.74) is 0.658. The fourth-order valence-corrected chi connectivity index (χ4v) is 0.939. The van der Waals surface area contributed by atoms with Crippen LogP contribution in [-0.2, 0) is 0 Å². The summed E-state index contributed by atoms with van der Waals surface area (Å²) in [6.45, 7) is 0. The third-order valence-corrected chi connectivity index (χ3v) is 1.48. The van der Waals surface area contributed by atoms with E-state index in [-0.39, 0.29) is 56.6 Å². The van der Waals surface area contributed by atoms with Crippen molar-refractivity contribution in [2.24, 2.45) is 0 Å². The van der Waals surface area contributed by atoms with Crippen LogP contribution < -0.4 is 0 Å². The molecule has 0 aromatic carbocycles. The normalized spacial score (nSPS) is 9.31. The molecule has 0 unspecified atom stereocenters. The molecule has 0 fully saturated rings. The summed E-state index contributed by atoms with van der Waals surface area (Å²) in [6, 6.07) is 5.47. The summed E-state index contributed by atoms with van der Waals surface area (Å²) in [6.07, 6.45) is 1.66. The quantitative estimate of drug-likeness (QED) is 0.568. The van der Waals surface area contributed by atoms with E-state index in [0.717, 1.165) is 0 Å². The van der Waals surface area contributed by atoms with Crippen molar-refractivity contribution in [3.8, 4) is 11.6 Å². The molecule has 2 rings (SSSR count). The first-order chi connectivity index (χ1) is 5.86. The number of rotatable bonds is 1. The summed E-state index contributed by atoms with van der Waals surface area (Å²) in [4.78, 5) is 4.03. The third-order valence-electron chi connectivity index (χ3n) is 1.30. The average Bonchev–Trinajstić information content (AvgIpc) is 2.54. The summed E-state index contributed by atoms with van der Waals surface area (Å²) >= 11 is 3.89. The maximum absolute atomic E-state index is 5.05. The molecule has 0 saturated heterocycles. The molecule has 0 amide bonds. The van der Waals surface area contributed by atoms with Crippen LogP contribution in [0.2, 0.25) is 0 Å². The number of nitrogens with zero attached hydrogens (tertiary/aromatic N) is 3. The van der Waals surface area contributed by atoms with E-state index in [2.05, 4.69) is 27.8 Å². The van der Waals surface area contributed by atoms with Gasteiger partial charge in [0.2, 0.25) is 0 Å². The molecule has 0 aliphatic heterocycles. The van der Waals surface area contributed by atoms with E-state index in [0.29, 0.717) is 11.6 Å². The standard InChI is InChI=1S/C7H5N3OS.K.H/c12-7-10-9-6(11-7)5-3-1-2-4-8-5;;/h1-4H,(H,10,12);;. The monoisotopic (exact) mass is 219 g/mol. The molecule has 2 aromatic heterocycles. The van der Waals surface area contributed by atoms with Crippen molar-refractivity contribution in [3.05, 3.63) is 24.4 Å². The molecule has 0 bridgehead atoms. The van der Waals surface area contributed by atoms with Crippen LogP contribution in [0.4, 0.5) is 0 Å². The summed E-state index contributed by atoms with van der Waals surface area (Å²) in [5.74, 6) is 0.389. The molecule has 0 spiro atoms. The Morgan fingerprint density at radius 1 is 1.23 bits per heavy atom. The Bertz CT molecular complexity index is 378. The van der Waals surface area contributed by atoms with E-state index in [1.807, 2.05) is 12.1 Å². The molecule has 2 aromatic rings. The van der Waals surface area contributed by atoms with Gasteiger partial charge in [0.15, 0.2) is 0 Å². The first-order valence-electron chi connectivity index (χ1n) is 3.30. The van der Waals surface area contributed by atoms with Gasteiger partial charge in [0.1, 0.15) is 5.69 Å². The Balaban J connectivity index is 0.000000845. The second-order valence-electron chi connectivity index (χ2n) is 2.10. The predicted octanol–water partition coefficient (Wildman–Crippen LogP) is 0.772. The van der Waals surface area contributed by atoms with Crippen molar-refractivity contribution < 1.29 is 4.42 Å². The fraction of sp³-hybridized carbons (Fsp3) is 0. The zero-order chi connectivity index (χ0) is 8.39. The fourth-order valence-electron chi connectivity index (χ4n) is 0.808. The van der Waals surface area contributed by atoms with E-state index in [1.54, 1.807) is 12.3 Å². The zero-order valence-corrected chi connectivity index (χ0v) is 6.90. The van der Waals surface area contributed by atoms with Crippen LogP contribution in [0.5, 0.6) is 0 Å². The average molecular weight is 219 g/mol. The Kier molecular flexibility index (Phi) is 4.57. The van der Waals surface area contributed by atoms with Gasteiger partial charge in [-0.15, -0.1) is 10.2 Å². The van der Waals surface area contributed by atoms with Crippen molar-refractivity contribution in [2.75, 3.05) is 0 Å². The second-order valence-corrected chi connectivity index (χ2v) is 2.49. The van der Waals surface area contributed by atoms with Gasteiger partial charge < -0.3 is 4.42 Å². The van der Waals surface area contributed by atoms with Gasteiger partial charge in [-0.25, -0.2) is 0 Å². The Morgan fingerprint density at radius 2 is 2.08 bits per heavy atom. The zero-order valence-electron chi connectivity index (χ0n) is 6.01. The predicted molar refractivity (Wildman–Crippen MR) is 51.9 cm³/mol. The maximum atomic E-state index is 5.05. The van der Waals surface area contributed by atoms with Crippen molar-refractivity contribution in [1.29, 1.82) is 0 Å². The molecule has 6 heteroatoms. The summed E-state index contributed by atoms with van der Waals surface area (Å²) in [5, 5.41) is 7.58. The van der Waals surface area contributed by atoms with Crippen molar-refractivity contribution in [2.45, 2.75) is 5.22 Å². The van der Waals surface area contributed by atoms with Gasteiger partial charge in [0.05, 0.1) is 0 Å². The van der Waals surface area contributed by atoms with Crippen LogP contribution in [-0.4, -0.2) is 66.6 Å². The third kappa shape index (κ3) is 2.86. The summed E-state index contributed by atoms with van der Waals surface area (Å²) < 4.78 is 5.05.